The van der Waals surface area contributed by atoms with Crippen molar-refractivity contribution >= 4 is 44.4 Å². The molecule has 0 unspecified atom stereocenters. The SMILES string of the molecule is CCC1=C(C)c2cc3nc(cc4[nH]c(cc5[nH]c(cc1n2)c(C)c5CC)c(C)c4CCCC#N)C(CCCC#N)=C3C. The second-order valence-electron chi connectivity index (χ2n) is 11.4. The normalized spacial score (nSPS) is 13.0. The molecule has 0 spiro atoms. The first-order valence-corrected chi connectivity index (χ1v) is 15.2. The van der Waals surface area contributed by atoms with Crippen molar-refractivity contribution < 1.29 is 0 Å². The Kier molecular flexibility index (Phi) is 8.46. The number of nitriles is 2. The predicted molar refractivity (Wildman–Crippen MR) is 173 cm³/mol. The number of aryl methyl sites for hydroxylation is 4. The first-order chi connectivity index (χ1) is 20.3. The van der Waals surface area contributed by atoms with Crippen molar-refractivity contribution in [1.29, 1.82) is 10.5 Å². The Morgan fingerprint density at radius 1 is 0.595 bits per heavy atom. The first kappa shape index (κ1) is 29.1. The molecule has 0 amide bonds. The number of hydrogen-bond donors (Lipinski definition) is 2. The molecular formula is C36H40N6. The number of nitrogens with one attached hydrogen (secondary N) is 2. The molecule has 3 aromatic rings. The van der Waals surface area contributed by atoms with Crippen molar-refractivity contribution in [3.8, 4) is 12.1 Å². The lowest BCUT2D eigenvalue weighted by Crippen LogP contribution is -1.88. The van der Waals surface area contributed by atoms with Gasteiger partial charge in [-0.2, -0.15) is 10.5 Å². The second-order valence-corrected chi connectivity index (χ2v) is 11.4. The average molecular weight is 557 g/mol. The van der Waals surface area contributed by atoms with Crippen LogP contribution < -0.4 is 0 Å². The zero-order chi connectivity index (χ0) is 30.0. The highest BCUT2D eigenvalue weighted by Crippen LogP contribution is 2.37. The van der Waals surface area contributed by atoms with E-state index in [4.69, 9.17) is 9.97 Å². The van der Waals surface area contributed by atoms with Gasteiger partial charge in [0.2, 0.25) is 0 Å². The van der Waals surface area contributed by atoms with Gasteiger partial charge in [0.25, 0.3) is 0 Å². The number of unbranched alkanes of at least 4 members (excludes halogenated alkanes) is 2. The fourth-order valence-electron chi connectivity index (χ4n) is 6.44. The molecule has 8 bridgehead atoms. The molecule has 5 heterocycles. The summed E-state index contributed by atoms with van der Waals surface area (Å²) in [6, 6.07) is 13.4. The largest absolute Gasteiger partial charge is 0.355 e. The lowest BCUT2D eigenvalue weighted by atomic mass is 9.99. The summed E-state index contributed by atoms with van der Waals surface area (Å²) < 4.78 is 0. The molecule has 0 fully saturated rings. The maximum absolute atomic E-state index is 9.22. The minimum absolute atomic E-state index is 0.517. The summed E-state index contributed by atoms with van der Waals surface area (Å²) >= 11 is 0. The molecule has 0 aliphatic carbocycles. The van der Waals surface area contributed by atoms with Crippen LogP contribution in [-0.4, -0.2) is 19.9 Å². The van der Waals surface area contributed by atoms with Crippen LogP contribution in [0.4, 0.5) is 0 Å². The monoisotopic (exact) mass is 556 g/mol. The molecule has 2 aliphatic heterocycles. The summed E-state index contributed by atoms with van der Waals surface area (Å²) in [6.45, 7) is 13.1. The maximum Gasteiger partial charge on any atom is 0.0693 e. The average Bonchev–Trinajstić information content (AvgIpc) is 3.63. The van der Waals surface area contributed by atoms with Crippen molar-refractivity contribution in [1.82, 2.24) is 19.9 Å². The van der Waals surface area contributed by atoms with E-state index in [1.54, 1.807) is 0 Å². The van der Waals surface area contributed by atoms with Crippen molar-refractivity contribution in [2.75, 3.05) is 0 Å². The molecule has 0 saturated carbocycles. The van der Waals surface area contributed by atoms with Crippen molar-refractivity contribution in [3.05, 3.63) is 69.3 Å². The molecule has 2 aliphatic rings. The highest BCUT2D eigenvalue weighted by molar-refractivity contribution is 5.95. The van der Waals surface area contributed by atoms with Crippen molar-refractivity contribution in [2.45, 2.75) is 92.9 Å². The van der Waals surface area contributed by atoms with Crippen LogP contribution in [0, 0.1) is 36.5 Å². The summed E-state index contributed by atoms with van der Waals surface area (Å²) in [5, 5.41) is 18.4. The highest BCUT2D eigenvalue weighted by atomic mass is 14.8. The topological polar surface area (TPSA) is 105 Å². The standard InChI is InChI=1S/C36H40N6/c1-7-25-21(3)29-17-30-23(5)27(13-9-11-15-37)35(41-30)20-36-28(14-10-12-16-38)24(6)32(42-36)19-34-26(8-2)22(4)31(40-34)18-33(25)39-29/h17-20,40,42H,7-14H2,1-6H3. The lowest BCUT2D eigenvalue weighted by molar-refractivity contribution is 0.852. The molecule has 0 radical (unpaired) electrons. The van der Waals surface area contributed by atoms with Crippen molar-refractivity contribution in [3.63, 3.8) is 0 Å². The van der Waals surface area contributed by atoms with Crippen LogP contribution in [0.15, 0.2) is 24.3 Å². The summed E-state index contributed by atoms with van der Waals surface area (Å²) in [5.41, 5.74) is 18.0. The maximum atomic E-state index is 9.22. The molecule has 6 heteroatoms. The quantitative estimate of drug-likeness (QED) is 0.270. The first-order valence-electron chi connectivity index (χ1n) is 15.2. The molecular weight excluding hydrogens is 516 g/mol. The van der Waals surface area contributed by atoms with E-state index < -0.39 is 0 Å². The third-order valence-electron chi connectivity index (χ3n) is 8.94. The molecule has 0 atom stereocenters. The van der Waals surface area contributed by atoms with Crippen LogP contribution in [-0.2, 0) is 12.8 Å². The van der Waals surface area contributed by atoms with Gasteiger partial charge in [0.15, 0.2) is 0 Å². The van der Waals surface area contributed by atoms with E-state index in [2.05, 4.69) is 87.9 Å². The van der Waals surface area contributed by atoms with Gasteiger partial charge in [-0.25, -0.2) is 9.97 Å². The van der Waals surface area contributed by atoms with Crippen LogP contribution in [0.25, 0.3) is 44.4 Å². The molecule has 0 aromatic carbocycles. The van der Waals surface area contributed by atoms with Gasteiger partial charge in [-0.1, -0.05) is 13.8 Å². The predicted octanol–water partition coefficient (Wildman–Crippen LogP) is 9.31. The summed E-state index contributed by atoms with van der Waals surface area (Å²) in [7, 11) is 0. The van der Waals surface area contributed by atoms with Gasteiger partial charge in [0, 0.05) is 34.9 Å². The molecule has 3 aromatic heterocycles. The van der Waals surface area contributed by atoms with Gasteiger partial charge in [-0.05, 0) is 135 Å². The molecule has 6 nitrogen and oxygen atoms in total. The van der Waals surface area contributed by atoms with Gasteiger partial charge < -0.3 is 9.97 Å². The fourth-order valence-corrected chi connectivity index (χ4v) is 6.44. The number of allylic oxidation sites excluding steroid dienone is 4. The molecule has 0 saturated heterocycles. The number of hydrogen-bond acceptors (Lipinski definition) is 4. The van der Waals surface area contributed by atoms with Crippen LogP contribution in [0.1, 0.15) is 111 Å². The van der Waals surface area contributed by atoms with Crippen LogP contribution >= 0.6 is 0 Å². The van der Waals surface area contributed by atoms with E-state index >= 15 is 0 Å². The minimum atomic E-state index is 0.517. The Labute approximate surface area is 248 Å². The molecule has 42 heavy (non-hydrogen) atoms. The molecule has 2 N–H and O–H groups in total. The van der Waals surface area contributed by atoms with E-state index in [0.29, 0.717) is 12.8 Å². The third kappa shape index (κ3) is 5.30. The van der Waals surface area contributed by atoms with Gasteiger partial charge in [0.05, 0.1) is 34.9 Å². The van der Waals surface area contributed by atoms with Crippen LogP contribution in [0.5, 0.6) is 0 Å². The zero-order valence-electron chi connectivity index (χ0n) is 25.8. The number of fused-ring (bicyclic) bond motifs is 8. The number of H-pyrrole nitrogens is 2. The Bertz CT molecular complexity index is 1860. The molecule has 5 rings (SSSR count). The van der Waals surface area contributed by atoms with E-state index in [9.17, 15) is 10.5 Å². The smallest absolute Gasteiger partial charge is 0.0693 e. The minimum Gasteiger partial charge on any atom is -0.355 e. The van der Waals surface area contributed by atoms with Gasteiger partial charge in [-0.3, -0.25) is 0 Å². The van der Waals surface area contributed by atoms with E-state index in [1.165, 1.54) is 39.0 Å². The van der Waals surface area contributed by atoms with Crippen molar-refractivity contribution in [2.24, 2.45) is 0 Å². The fraction of sp³-hybridized carbons (Fsp3) is 0.389. The molecule has 214 valence electrons. The van der Waals surface area contributed by atoms with E-state index in [0.717, 1.165) is 88.9 Å². The summed E-state index contributed by atoms with van der Waals surface area (Å²) in [6.07, 6.45) is 6.09. The Morgan fingerprint density at radius 3 is 1.74 bits per heavy atom. The van der Waals surface area contributed by atoms with Gasteiger partial charge >= 0.3 is 0 Å². The lowest BCUT2D eigenvalue weighted by Gasteiger charge is -2.03. The number of nitrogens with zero attached hydrogens (tertiary/aromatic N) is 4. The van der Waals surface area contributed by atoms with Gasteiger partial charge in [-0.15, -0.1) is 0 Å². The summed E-state index contributed by atoms with van der Waals surface area (Å²) in [4.78, 5) is 17.8. The number of aromatic amines is 2. The number of aromatic nitrogens is 4. The highest BCUT2D eigenvalue weighted by Gasteiger charge is 2.21. The Balaban J connectivity index is 1.91. The zero-order valence-corrected chi connectivity index (χ0v) is 25.8. The second kappa shape index (κ2) is 12.2. The Hall–Kier alpha value is -4.42. The summed E-state index contributed by atoms with van der Waals surface area (Å²) in [5.74, 6) is 0. The number of rotatable bonds is 8. The van der Waals surface area contributed by atoms with Crippen LogP contribution in [0.3, 0.4) is 0 Å². The Morgan fingerprint density at radius 2 is 1.12 bits per heavy atom. The van der Waals surface area contributed by atoms with Gasteiger partial charge in [0.1, 0.15) is 0 Å². The van der Waals surface area contributed by atoms with Crippen LogP contribution in [0.2, 0.25) is 0 Å². The van der Waals surface area contributed by atoms with E-state index in [1.807, 2.05) is 0 Å². The van der Waals surface area contributed by atoms with E-state index in [-0.39, 0.29) is 0 Å². The third-order valence-corrected chi connectivity index (χ3v) is 8.94.